The summed E-state index contributed by atoms with van der Waals surface area (Å²) >= 11 is 0. The van der Waals surface area contributed by atoms with Crippen LogP contribution in [0.25, 0.3) is 0 Å². The van der Waals surface area contributed by atoms with Crippen molar-refractivity contribution >= 4 is 5.95 Å². The third kappa shape index (κ3) is 3.29. The van der Waals surface area contributed by atoms with Crippen molar-refractivity contribution in [3.63, 3.8) is 0 Å². The van der Waals surface area contributed by atoms with E-state index in [-0.39, 0.29) is 5.95 Å². The molecule has 0 saturated heterocycles. The van der Waals surface area contributed by atoms with Gasteiger partial charge in [-0.2, -0.15) is 0 Å². The minimum absolute atomic E-state index is 0.177. The molecular weight excluding hydrogens is 178 g/mol. The summed E-state index contributed by atoms with van der Waals surface area (Å²) < 4.78 is 25.2. The van der Waals surface area contributed by atoms with E-state index >= 15 is 0 Å². The molecule has 1 aromatic rings. The highest BCUT2D eigenvalue weighted by molar-refractivity contribution is 5.22. The van der Waals surface area contributed by atoms with Crippen molar-refractivity contribution in [3.05, 3.63) is 18.5 Å². The van der Waals surface area contributed by atoms with Crippen LogP contribution in [0.15, 0.2) is 18.5 Å². The number of nitrogens with zero attached hydrogens (tertiary/aromatic N) is 2. The number of rotatable bonds is 4. The monoisotopic (exact) mass is 188 g/mol. The molecule has 0 unspecified atom stereocenters. The first-order chi connectivity index (χ1) is 6.14. The predicted octanol–water partition coefficient (Wildman–Crippen LogP) is 0.482. The van der Waals surface area contributed by atoms with E-state index in [1.165, 1.54) is 12.4 Å². The molecule has 1 rings (SSSR count). The van der Waals surface area contributed by atoms with Gasteiger partial charge < -0.3 is 11.1 Å². The largest absolute Gasteiger partial charge is 0.348 e. The van der Waals surface area contributed by atoms with Gasteiger partial charge in [0, 0.05) is 12.4 Å². The topological polar surface area (TPSA) is 63.8 Å². The molecule has 6 heteroatoms. The van der Waals surface area contributed by atoms with Gasteiger partial charge in [0.05, 0.1) is 13.1 Å². The van der Waals surface area contributed by atoms with Crippen LogP contribution >= 0.6 is 0 Å². The van der Waals surface area contributed by atoms with Gasteiger partial charge in [0.2, 0.25) is 5.95 Å². The van der Waals surface area contributed by atoms with Crippen molar-refractivity contribution in [2.24, 2.45) is 5.73 Å². The molecule has 1 heterocycles. The van der Waals surface area contributed by atoms with Crippen LogP contribution in [0, 0.1) is 0 Å². The third-order valence-electron chi connectivity index (χ3n) is 1.37. The maximum Gasteiger partial charge on any atom is 0.277 e. The van der Waals surface area contributed by atoms with Gasteiger partial charge in [-0.05, 0) is 6.07 Å². The van der Waals surface area contributed by atoms with E-state index < -0.39 is 19.0 Å². The first-order valence-electron chi connectivity index (χ1n) is 3.73. The van der Waals surface area contributed by atoms with Crippen molar-refractivity contribution in [1.29, 1.82) is 0 Å². The summed E-state index contributed by atoms with van der Waals surface area (Å²) in [6, 6.07) is 1.60. The molecule has 0 amide bonds. The number of anilines is 1. The fourth-order valence-corrected chi connectivity index (χ4v) is 0.671. The van der Waals surface area contributed by atoms with E-state index in [0.29, 0.717) is 0 Å². The molecule has 0 saturated carbocycles. The van der Waals surface area contributed by atoms with Crippen LogP contribution in [0.4, 0.5) is 14.7 Å². The quantitative estimate of drug-likeness (QED) is 0.721. The molecule has 0 atom stereocenters. The van der Waals surface area contributed by atoms with Crippen LogP contribution in [-0.4, -0.2) is 29.0 Å². The molecule has 0 fully saturated rings. The lowest BCUT2D eigenvalue weighted by Gasteiger charge is -2.13. The van der Waals surface area contributed by atoms with Crippen LogP contribution in [0.3, 0.4) is 0 Å². The SMILES string of the molecule is NCC(F)(F)CNc1ncccn1. The fourth-order valence-electron chi connectivity index (χ4n) is 0.671. The smallest absolute Gasteiger partial charge is 0.277 e. The van der Waals surface area contributed by atoms with E-state index in [9.17, 15) is 8.78 Å². The van der Waals surface area contributed by atoms with Gasteiger partial charge in [0.1, 0.15) is 0 Å². The summed E-state index contributed by atoms with van der Waals surface area (Å²) in [5, 5.41) is 2.38. The zero-order valence-electron chi connectivity index (χ0n) is 6.87. The lowest BCUT2D eigenvalue weighted by atomic mass is 10.3. The third-order valence-corrected chi connectivity index (χ3v) is 1.37. The number of aromatic nitrogens is 2. The van der Waals surface area contributed by atoms with Gasteiger partial charge in [-0.25, -0.2) is 18.7 Å². The molecule has 0 aliphatic carbocycles. The molecule has 0 bridgehead atoms. The second-order valence-electron chi connectivity index (χ2n) is 2.49. The van der Waals surface area contributed by atoms with Crippen LogP contribution in [0.2, 0.25) is 0 Å². The molecule has 4 nitrogen and oxygen atoms in total. The minimum Gasteiger partial charge on any atom is -0.348 e. The lowest BCUT2D eigenvalue weighted by Crippen LogP contribution is -2.35. The average Bonchev–Trinajstić information content (AvgIpc) is 2.17. The summed E-state index contributed by atoms with van der Waals surface area (Å²) in [6.45, 7) is -1.24. The Morgan fingerprint density at radius 2 is 2.00 bits per heavy atom. The highest BCUT2D eigenvalue weighted by Crippen LogP contribution is 2.10. The number of alkyl halides is 2. The van der Waals surface area contributed by atoms with Crippen LogP contribution in [-0.2, 0) is 0 Å². The highest BCUT2D eigenvalue weighted by atomic mass is 19.3. The Morgan fingerprint density at radius 1 is 1.38 bits per heavy atom. The van der Waals surface area contributed by atoms with Crippen molar-refractivity contribution in [2.75, 3.05) is 18.4 Å². The summed E-state index contributed by atoms with van der Waals surface area (Å²) in [7, 11) is 0. The molecular formula is C7H10F2N4. The van der Waals surface area contributed by atoms with Crippen LogP contribution in [0.1, 0.15) is 0 Å². The van der Waals surface area contributed by atoms with Gasteiger partial charge in [-0.3, -0.25) is 0 Å². The van der Waals surface area contributed by atoms with E-state index in [0.717, 1.165) is 0 Å². The number of hydrogen-bond donors (Lipinski definition) is 2. The van der Waals surface area contributed by atoms with Gasteiger partial charge >= 0.3 is 0 Å². The number of hydrogen-bond acceptors (Lipinski definition) is 4. The second-order valence-corrected chi connectivity index (χ2v) is 2.49. The number of halogens is 2. The summed E-state index contributed by atoms with van der Waals surface area (Å²) in [4.78, 5) is 7.44. The Kier molecular flexibility index (Phi) is 3.07. The number of nitrogens with two attached hydrogens (primary N) is 1. The molecule has 0 aromatic carbocycles. The first-order valence-corrected chi connectivity index (χ1v) is 3.73. The molecule has 0 spiro atoms. The van der Waals surface area contributed by atoms with E-state index in [4.69, 9.17) is 5.73 Å². The van der Waals surface area contributed by atoms with E-state index in [1.54, 1.807) is 6.07 Å². The van der Waals surface area contributed by atoms with Crippen molar-refractivity contribution in [1.82, 2.24) is 9.97 Å². The van der Waals surface area contributed by atoms with Crippen molar-refractivity contribution in [3.8, 4) is 0 Å². The highest BCUT2D eigenvalue weighted by Gasteiger charge is 2.26. The van der Waals surface area contributed by atoms with Crippen molar-refractivity contribution in [2.45, 2.75) is 5.92 Å². The maximum absolute atomic E-state index is 12.6. The van der Waals surface area contributed by atoms with Gasteiger partial charge in [-0.15, -0.1) is 0 Å². The molecule has 0 radical (unpaired) electrons. The zero-order valence-corrected chi connectivity index (χ0v) is 6.87. The zero-order chi connectivity index (χ0) is 9.73. The summed E-state index contributed by atoms with van der Waals surface area (Å²) in [5.74, 6) is -2.74. The first kappa shape index (κ1) is 9.79. The second kappa shape index (κ2) is 4.08. The van der Waals surface area contributed by atoms with Crippen LogP contribution < -0.4 is 11.1 Å². The molecule has 13 heavy (non-hydrogen) atoms. The standard InChI is InChI=1S/C7H10F2N4/c8-7(9,4-10)5-13-6-11-2-1-3-12-6/h1-3H,4-5,10H2,(H,11,12,13). The van der Waals surface area contributed by atoms with Gasteiger partial charge in [0.15, 0.2) is 0 Å². The Bertz CT molecular complexity index is 252. The van der Waals surface area contributed by atoms with E-state index in [1.807, 2.05) is 0 Å². The lowest BCUT2D eigenvalue weighted by molar-refractivity contribution is 0.0252. The molecule has 0 aliphatic rings. The van der Waals surface area contributed by atoms with Crippen LogP contribution in [0.5, 0.6) is 0 Å². The molecule has 3 N–H and O–H groups in total. The molecule has 72 valence electrons. The van der Waals surface area contributed by atoms with Gasteiger partial charge in [-0.1, -0.05) is 0 Å². The summed E-state index contributed by atoms with van der Waals surface area (Å²) in [5.41, 5.74) is 4.84. The Balaban J connectivity index is 2.44. The molecule has 1 aromatic heterocycles. The normalized spacial score (nSPS) is 11.3. The fraction of sp³-hybridized carbons (Fsp3) is 0.429. The minimum atomic E-state index is -2.92. The van der Waals surface area contributed by atoms with Gasteiger partial charge in [0.25, 0.3) is 5.92 Å². The van der Waals surface area contributed by atoms with E-state index in [2.05, 4.69) is 15.3 Å². The summed E-state index contributed by atoms with van der Waals surface area (Å²) in [6.07, 6.45) is 2.94. The predicted molar refractivity (Wildman–Crippen MR) is 44.5 cm³/mol. The van der Waals surface area contributed by atoms with Crippen molar-refractivity contribution < 1.29 is 8.78 Å². The Labute approximate surface area is 74.2 Å². The maximum atomic E-state index is 12.6. The Morgan fingerprint density at radius 3 is 2.54 bits per heavy atom. The molecule has 0 aliphatic heterocycles. The number of nitrogens with one attached hydrogen (secondary N) is 1. The average molecular weight is 188 g/mol. The Hall–Kier alpha value is -1.30.